The summed E-state index contributed by atoms with van der Waals surface area (Å²) >= 11 is 0. The summed E-state index contributed by atoms with van der Waals surface area (Å²) in [5.41, 5.74) is 2.86. The Hall–Kier alpha value is -2.23. The summed E-state index contributed by atoms with van der Waals surface area (Å²) in [6, 6.07) is 7.39. The van der Waals surface area contributed by atoms with Crippen LogP contribution in [-0.2, 0) is 11.2 Å². The van der Waals surface area contributed by atoms with Crippen LogP contribution in [-0.4, -0.2) is 15.9 Å². The fourth-order valence-electron chi connectivity index (χ4n) is 2.97. The van der Waals surface area contributed by atoms with Gasteiger partial charge in [0.15, 0.2) is 0 Å². The Bertz CT molecular complexity index is 666. The molecular weight excluding hydrogens is 336 g/mol. The molecular formula is C23H32N2O2. The fourth-order valence-corrected chi connectivity index (χ4v) is 2.97. The van der Waals surface area contributed by atoms with Crippen LogP contribution in [0, 0.1) is 0 Å². The van der Waals surface area contributed by atoms with Crippen molar-refractivity contribution in [1.29, 1.82) is 0 Å². The minimum Gasteiger partial charge on any atom is -0.427 e. The normalized spacial score (nSPS) is 10.7. The summed E-state index contributed by atoms with van der Waals surface area (Å²) in [7, 11) is 0. The number of hydrogen-bond acceptors (Lipinski definition) is 4. The zero-order valence-corrected chi connectivity index (χ0v) is 16.7. The third-order valence-electron chi connectivity index (χ3n) is 4.66. The van der Waals surface area contributed by atoms with E-state index in [9.17, 15) is 4.79 Å². The summed E-state index contributed by atoms with van der Waals surface area (Å²) in [4.78, 5) is 20.4. The average molecular weight is 369 g/mol. The van der Waals surface area contributed by atoms with Gasteiger partial charge in [0.05, 0.1) is 17.6 Å². The number of carbonyl (C=O) groups excluding carboxylic acids is 1. The second-order valence-electron chi connectivity index (χ2n) is 6.97. The van der Waals surface area contributed by atoms with Gasteiger partial charge in [-0.25, -0.2) is 0 Å². The van der Waals surface area contributed by atoms with Crippen LogP contribution >= 0.6 is 0 Å². The molecule has 0 bridgehead atoms. The Kier molecular flexibility index (Phi) is 9.53. The molecule has 0 saturated carbocycles. The fraction of sp³-hybridized carbons (Fsp3) is 0.522. The molecule has 0 aliphatic carbocycles. The second kappa shape index (κ2) is 12.2. The van der Waals surface area contributed by atoms with E-state index < -0.39 is 0 Å². The Balaban J connectivity index is 1.74. The van der Waals surface area contributed by atoms with Crippen molar-refractivity contribution in [2.75, 3.05) is 0 Å². The molecule has 2 aromatic rings. The average Bonchev–Trinajstić information content (AvgIpc) is 2.71. The molecule has 0 atom stereocenters. The summed E-state index contributed by atoms with van der Waals surface area (Å²) < 4.78 is 5.19. The van der Waals surface area contributed by atoms with Crippen molar-refractivity contribution in [3.63, 3.8) is 0 Å². The third-order valence-corrected chi connectivity index (χ3v) is 4.66. The van der Waals surface area contributed by atoms with E-state index in [1.807, 2.05) is 24.5 Å². The van der Waals surface area contributed by atoms with Crippen LogP contribution in [0.3, 0.4) is 0 Å². The molecule has 0 fully saturated rings. The molecule has 1 heterocycles. The summed E-state index contributed by atoms with van der Waals surface area (Å²) in [6.07, 6.45) is 15.6. The number of unbranched alkanes of at least 4 members (excludes halogenated alkanes) is 7. The maximum Gasteiger partial charge on any atom is 0.310 e. The van der Waals surface area contributed by atoms with Crippen molar-refractivity contribution in [2.24, 2.45) is 0 Å². The Labute approximate surface area is 163 Å². The topological polar surface area (TPSA) is 52.1 Å². The van der Waals surface area contributed by atoms with E-state index >= 15 is 0 Å². The van der Waals surface area contributed by atoms with Crippen molar-refractivity contribution in [1.82, 2.24) is 9.97 Å². The molecule has 4 nitrogen and oxygen atoms in total. The van der Waals surface area contributed by atoms with Gasteiger partial charge in [-0.15, -0.1) is 0 Å². The van der Waals surface area contributed by atoms with E-state index in [2.05, 4.69) is 16.9 Å². The van der Waals surface area contributed by atoms with Gasteiger partial charge in [-0.2, -0.15) is 0 Å². The van der Waals surface area contributed by atoms with Gasteiger partial charge in [0, 0.05) is 18.2 Å². The van der Waals surface area contributed by atoms with Crippen LogP contribution in [0.15, 0.2) is 36.7 Å². The molecule has 0 unspecified atom stereocenters. The molecule has 0 saturated heterocycles. The zero-order chi connectivity index (χ0) is 19.3. The van der Waals surface area contributed by atoms with Gasteiger partial charge >= 0.3 is 5.97 Å². The molecule has 0 aliphatic heterocycles. The molecule has 1 aromatic heterocycles. The number of hydrogen-bond donors (Lipinski definition) is 0. The van der Waals surface area contributed by atoms with Gasteiger partial charge < -0.3 is 4.74 Å². The number of ether oxygens (including phenoxy) is 1. The van der Waals surface area contributed by atoms with Gasteiger partial charge in [-0.1, -0.05) is 58.8 Å². The van der Waals surface area contributed by atoms with Crippen LogP contribution < -0.4 is 4.74 Å². The van der Waals surface area contributed by atoms with Crippen molar-refractivity contribution in [2.45, 2.75) is 78.1 Å². The van der Waals surface area contributed by atoms with Crippen molar-refractivity contribution in [3.8, 4) is 17.0 Å². The van der Waals surface area contributed by atoms with Crippen LogP contribution in [0.5, 0.6) is 5.75 Å². The lowest BCUT2D eigenvalue weighted by molar-refractivity contribution is -0.134. The third kappa shape index (κ3) is 7.90. The molecule has 2 rings (SSSR count). The predicted octanol–water partition coefficient (Wildman–Crippen LogP) is 6.14. The first-order chi connectivity index (χ1) is 13.2. The number of aryl methyl sites for hydroxylation is 1. The number of rotatable bonds is 12. The Morgan fingerprint density at radius 3 is 2.11 bits per heavy atom. The highest BCUT2D eigenvalue weighted by atomic mass is 16.5. The molecule has 146 valence electrons. The first-order valence-electron chi connectivity index (χ1n) is 10.3. The van der Waals surface area contributed by atoms with Gasteiger partial charge in [0.25, 0.3) is 0 Å². The first kappa shape index (κ1) is 21.1. The highest BCUT2D eigenvalue weighted by Crippen LogP contribution is 2.20. The van der Waals surface area contributed by atoms with E-state index in [1.165, 1.54) is 51.4 Å². The number of carbonyl (C=O) groups is 1. The van der Waals surface area contributed by atoms with E-state index in [0.717, 1.165) is 23.4 Å². The van der Waals surface area contributed by atoms with Gasteiger partial charge in [-0.3, -0.25) is 14.8 Å². The SMILES string of the molecule is CCCCCCCCCCc1cnc(-c2ccc(OC(=O)CC)cc2)cn1. The van der Waals surface area contributed by atoms with Crippen molar-refractivity contribution in [3.05, 3.63) is 42.4 Å². The maximum atomic E-state index is 11.3. The first-order valence-corrected chi connectivity index (χ1v) is 10.3. The zero-order valence-electron chi connectivity index (χ0n) is 16.7. The van der Waals surface area contributed by atoms with E-state index in [0.29, 0.717) is 12.2 Å². The van der Waals surface area contributed by atoms with Gasteiger partial charge in [-0.05, 0) is 37.1 Å². The monoisotopic (exact) mass is 368 g/mol. The minimum absolute atomic E-state index is 0.229. The molecule has 0 spiro atoms. The number of esters is 1. The lowest BCUT2D eigenvalue weighted by Gasteiger charge is -2.06. The molecule has 0 N–H and O–H groups in total. The van der Waals surface area contributed by atoms with E-state index in [1.54, 1.807) is 19.1 Å². The summed E-state index contributed by atoms with van der Waals surface area (Å²) in [6.45, 7) is 4.03. The van der Waals surface area contributed by atoms with Crippen molar-refractivity contribution >= 4 is 5.97 Å². The lowest BCUT2D eigenvalue weighted by Crippen LogP contribution is -2.05. The molecule has 0 radical (unpaired) electrons. The minimum atomic E-state index is -0.229. The molecule has 1 aromatic carbocycles. The van der Waals surface area contributed by atoms with Crippen LogP contribution in [0.25, 0.3) is 11.3 Å². The van der Waals surface area contributed by atoms with Crippen LogP contribution in [0.2, 0.25) is 0 Å². The highest BCUT2D eigenvalue weighted by Gasteiger charge is 2.04. The summed E-state index contributed by atoms with van der Waals surface area (Å²) in [5.74, 6) is 0.331. The Morgan fingerprint density at radius 1 is 0.852 bits per heavy atom. The van der Waals surface area contributed by atoms with Crippen LogP contribution in [0.4, 0.5) is 0 Å². The molecule has 0 amide bonds. The quantitative estimate of drug-likeness (QED) is 0.256. The van der Waals surface area contributed by atoms with E-state index in [4.69, 9.17) is 4.74 Å². The number of aromatic nitrogens is 2. The van der Waals surface area contributed by atoms with Gasteiger partial charge in [0.2, 0.25) is 0 Å². The maximum absolute atomic E-state index is 11.3. The summed E-state index contributed by atoms with van der Waals surface area (Å²) in [5, 5.41) is 0. The molecule has 4 heteroatoms. The number of benzene rings is 1. The molecule has 0 aliphatic rings. The predicted molar refractivity (Wildman–Crippen MR) is 110 cm³/mol. The van der Waals surface area contributed by atoms with Crippen LogP contribution in [0.1, 0.15) is 77.3 Å². The van der Waals surface area contributed by atoms with Crippen molar-refractivity contribution < 1.29 is 9.53 Å². The highest BCUT2D eigenvalue weighted by molar-refractivity contribution is 5.72. The lowest BCUT2D eigenvalue weighted by atomic mass is 10.1. The number of nitrogens with zero attached hydrogens (tertiary/aromatic N) is 2. The van der Waals surface area contributed by atoms with E-state index in [-0.39, 0.29) is 5.97 Å². The standard InChI is InChI=1S/C23H32N2O2/c1-3-5-6-7-8-9-10-11-12-20-17-25-22(18-24-20)19-13-15-21(16-14-19)27-23(26)4-2/h13-18H,3-12H2,1-2H3. The molecule has 27 heavy (non-hydrogen) atoms. The second-order valence-corrected chi connectivity index (χ2v) is 6.97. The van der Waals surface area contributed by atoms with Gasteiger partial charge in [0.1, 0.15) is 5.75 Å². The largest absolute Gasteiger partial charge is 0.427 e. The Morgan fingerprint density at radius 2 is 1.52 bits per heavy atom. The smallest absolute Gasteiger partial charge is 0.310 e.